The molecule has 10 heavy (non-hydrogen) atoms. The number of alkyl halides is 1. The first-order chi connectivity index (χ1) is 4.68. The van der Waals surface area contributed by atoms with Crippen LogP contribution in [-0.4, -0.2) is 17.0 Å². The third-order valence-corrected chi connectivity index (χ3v) is 5.66. The molecule has 0 saturated carbocycles. The fourth-order valence-electron chi connectivity index (χ4n) is 0.922. The van der Waals surface area contributed by atoms with E-state index in [2.05, 4.69) is 44.8 Å². The van der Waals surface area contributed by atoms with Crippen LogP contribution in [0.5, 0.6) is 0 Å². The number of rotatable bonds is 5. The summed E-state index contributed by atoms with van der Waals surface area (Å²) in [6.07, 6.45) is 2.60. The average Bonchev–Trinajstić information content (AvgIpc) is 1.89. The SMILES string of the molecule is CCCC(C)(C[I-]I)NC. The molecular weight excluding hydrogens is 352 g/mol. The average molecular weight is 368 g/mol. The van der Waals surface area contributed by atoms with Crippen molar-refractivity contribution in [2.45, 2.75) is 32.2 Å². The van der Waals surface area contributed by atoms with Gasteiger partial charge in [0.25, 0.3) is 0 Å². The molecule has 1 N–H and O–H groups in total. The Morgan fingerprint density at radius 1 is 1.60 bits per heavy atom. The monoisotopic (exact) mass is 368 g/mol. The van der Waals surface area contributed by atoms with Crippen LogP contribution in [0.4, 0.5) is 0 Å². The van der Waals surface area contributed by atoms with Crippen LogP contribution in [0.3, 0.4) is 0 Å². The van der Waals surface area contributed by atoms with Crippen LogP contribution in [0.25, 0.3) is 0 Å². The van der Waals surface area contributed by atoms with E-state index in [9.17, 15) is 0 Å². The van der Waals surface area contributed by atoms with E-state index in [0.717, 1.165) is 0 Å². The van der Waals surface area contributed by atoms with Crippen molar-refractivity contribution in [2.75, 3.05) is 11.5 Å². The second kappa shape index (κ2) is 5.99. The molecule has 0 bridgehead atoms. The molecule has 64 valence electrons. The van der Waals surface area contributed by atoms with Crippen molar-refractivity contribution in [1.29, 1.82) is 0 Å². The summed E-state index contributed by atoms with van der Waals surface area (Å²) >= 11 is 2.95. The summed E-state index contributed by atoms with van der Waals surface area (Å²) in [6.45, 7) is 4.58. The molecule has 0 aromatic carbocycles. The van der Waals surface area contributed by atoms with E-state index < -0.39 is 0 Å². The Labute approximate surface area is 84.2 Å². The zero-order chi connectivity index (χ0) is 8.04. The van der Waals surface area contributed by atoms with Crippen molar-refractivity contribution >= 4 is 18.6 Å². The summed E-state index contributed by atoms with van der Waals surface area (Å²) in [5.41, 5.74) is 0.434. The van der Waals surface area contributed by atoms with Gasteiger partial charge in [0.15, 0.2) is 0 Å². The number of halogens is 2. The predicted octanol–water partition coefficient (Wildman–Crippen LogP) is -0.796. The predicted molar refractivity (Wildman–Crippen MR) is 51.3 cm³/mol. The molecule has 0 aromatic rings. The fraction of sp³-hybridized carbons (Fsp3) is 1.00. The summed E-state index contributed by atoms with van der Waals surface area (Å²) in [7, 11) is 2.08. The van der Waals surface area contributed by atoms with Crippen molar-refractivity contribution < 1.29 is 17.2 Å². The van der Waals surface area contributed by atoms with Gasteiger partial charge in [0.2, 0.25) is 0 Å². The second-order valence-corrected chi connectivity index (χ2v) is 8.00. The molecule has 1 atom stereocenters. The van der Waals surface area contributed by atoms with Gasteiger partial charge < -0.3 is 0 Å². The molecule has 0 aliphatic carbocycles. The van der Waals surface area contributed by atoms with Crippen LogP contribution < -0.4 is 22.5 Å². The quantitative estimate of drug-likeness (QED) is 0.496. The third kappa shape index (κ3) is 4.33. The molecule has 0 radical (unpaired) electrons. The number of hydrogen-bond acceptors (Lipinski definition) is 1. The summed E-state index contributed by atoms with van der Waals surface area (Å²) in [5, 5.41) is 3.40. The number of nitrogens with one attached hydrogen (secondary N) is 1. The van der Waals surface area contributed by atoms with Crippen LogP contribution in [-0.2, 0) is 0 Å². The first-order valence-corrected chi connectivity index (χ1v) is 11.4. The van der Waals surface area contributed by atoms with E-state index in [-0.39, 0.29) is 0 Å². The zero-order valence-electron chi connectivity index (χ0n) is 6.88. The van der Waals surface area contributed by atoms with Gasteiger partial charge in [-0.1, -0.05) is 0 Å². The summed E-state index contributed by atoms with van der Waals surface area (Å²) < 4.78 is 1.39. The Morgan fingerprint density at radius 3 is 2.50 bits per heavy atom. The minimum atomic E-state index is 0.406. The molecule has 3 heteroatoms. The van der Waals surface area contributed by atoms with Crippen molar-refractivity contribution in [3.05, 3.63) is 0 Å². The summed E-state index contributed by atoms with van der Waals surface area (Å²) in [4.78, 5) is 0. The van der Waals surface area contributed by atoms with Crippen molar-refractivity contribution in [1.82, 2.24) is 5.32 Å². The molecule has 0 heterocycles. The maximum atomic E-state index is 3.40. The van der Waals surface area contributed by atoms with Gasteiger partial charge in [-0.05, 0) is 0 Å². The van der Waals surface area contributed by atoms with E-state index >= 15 is 0 Å². The van der Waals surface area contributed by atoms with Crippen LogP contribution in [0.2, 0.25) is 0 Å². The Kier molecular flexibility index (Phi) is 6.85. The molecule has 0 spiro atoms. The van der Waals surface area contributed by atoms with Gasteiger partial charge in [-0.25, -0.2) is 0 Å². The van der Waals surface area contributed by atoms with Crippen molar-refractivity contribution in [2.24, 2.45) is 0 Å². The van der Waals surface area contributed by atoms with Gasteiger partial charge in [0, 0.05) is 0 Å². The topological polar surface area (TPSA) is 12.0 Å². The molecule has 0 fully saturated rings. The molecular formula is C7H16I2N-. The van der Waals surface area contributed by atoms with E-state index in [0.29, 0.717) is 22.8 Å². The molecule has 1 nitrogen and oxygen atoms in total. The Morgan fingerprint density at radius 2 is 2.20 bits per heavy atom. The van der Waals surface area contributed by atoms with Gasteiger partial charge in [-0.3, -0.25) is 0 Å². The van der Waals surface area contributed by atoms with Crippen LogP contribution >= 0.6 is 18.6 Å². The zero-order valence-corrected chi connectivity index (χ0v) is 11.2. The fourth-order valence-corrected chi connectivity index (χ4v) is 6.59. The minimum absolute atomic E-state index is 0.406. The Balaban J connectivity index is 3.69. The van der Waals surface area contributed by atoms with Crippen LogP contribution in [0.1, 0.15) is 26.7 Å². The van der Waals surface area contributed by atoms with Gasteiger partial charge in [-0.15, -0.1) is 0 Å². The van der Waals surface area contributed by atoms with Crippen molar-refractivity contribution in [3.63, 3.8) is 0 Å². The first kappa shape index (κ1) is 11.4. The normalized spacial score (nSPS) is 17.2. The van der Waals surface area contributed by atoms with Crippen LogP contribution in [0, 0.1) is 0 Å². The van der Waals surface area contributed by atoms with Gasteiger partial charge in [0.1, 0.15) is 0 Å². The van der Waals surface area contributed by atoms with E-state index in [4.69, 9.17) is 0 Å². The van der Waals surface area contributed by atoms with Crippen LogP contribution in [0.15, 0.2) is 0 Å². The third-order valence-electron chi connectivity index (χ3n) is 1.75. The Bertz CT molecular complexity index is 79.7. The van der Waals surface area contributed by atoms with E-state index in [1.54, 1.807) is 0 Å². The molecule has 0 aliphatic heterocycles. The van der Waals surface area contributed by atoms with Gasteiger partial charge >= 0.3 is 84.9 Å². The maximum absolute atomic E-state index is 3.40. The van der Waals surface area contributed by atoms with Gasteiger partial charge in [0.05, 0.1) is 0 Å². The number of hydrogen-bond donors (Lipinski definition) is 1. The van der Waals surface area contributed by atoms with E-state index in [1.165, 1.54) is 17.3 Å². The first-order valence-electron chi connectivity index (χ1n) is 3.57. The molecule has 0 amide bonds. The standard InChI is InChI=1S/C7H16I2N/c1-4-5-7(2,10-3)6-9-8/h10H,4-6H2,1-3H3/q-1. The van der Waals surface area contributed by atoms with Gasteiger partial charge in [-0.2, -0.15) is 0 Å². The molecule has 0 saturated heterocycles. The molecule has 0 aliphatic rings. The second-order valence-electron chi connectivity index (χ2n) is 2.80. The Hall–Kier alpha value is 1.42. The summed E-state index contributed by atoms with van der Waals surface area (Å²) in [5.74, 6) is 0. The van der Waals surface area contributed by atoms with Crippen molar-refractivity contribution in [3.8, 4) is 0 Å². The molecule has 1 unspecified atom stereocenters. The summed E-state index contributed by atoms with van der Waals surface area (Å²) in [6, 6.07) is 0. The van der Waals surface area contributed by atoms with E-state index in [1.807, 2.05) is 0 Å². The molecule has 0 aromatic heterocycles. The molecule has 0 rings (SSSR count).